The molecule has 0 spiro atoms. The molecular weight excluding hydrogens is 464 g/mol. The Bertz CT molecular complexity index is 1110. The van der Waals surface area contributed by atoms with Crippen LogP contribution in [-0.2, 0) is 4.79 Å². The second-order valence-electron chi connectivity index (χ2n) is 7.43. The van der Waals surface area contributed by atoms with Crippen molar-refractivity contribution in [1.82, 2.24) is 14.8 Å². The van der Waals surface area contributed by atoms with Crippen molar-refractivity contribution in [2.45, 2.75) is 38.1 Å². The molecule has 8 nitrogen and oxygen atoms in total. The van der Waals surface area contributed by atoms with Crippen molar-refractivity contribution in [2.24, 2.45) is 0 Å². The largest absolute Gasteiger partial charge is 0.497 e. The molecule has 1 amide bonds. The molecule has 0 aliphatic rings. The van der Waals surface area contributed by atoms with Crippen LogP contribution in [0.4, 0.5) is 5.69 Å². The molecule has 0 saturated carbocycles. The highest BCUT2D eigenvalue weighted by Gasteiger charge is 2.22. The Morgan fingerprint density at radius 1 is 1.09 bits per heavy atom. The first-order valence-corrected chi connectivity index (χ1v) is 11.7. The lowest BCUT2D eigenvalue weighted by atomic mass is 10.3. The van der Waals surface area contributed by atoms with Gasteiger partial charge < -0.3 is 24.1 Å². The zero-order chi connectivity index (χ0) is 24.0. The van der Waals surface area contributed by atoms with E-state index < -0.39 is 0 Å². The average molecular weight is 491 g/mol. The van der Waals surface area contributed by atoms with E-state index >= 15 is 0 Å². The number of aromatic nitrogens is 3. The maximum atomic E-state index is 12.6. The summed E-state index contributed by atoms with van der Waals surface area (Å²) >= 11 is 7.34. The van der Waals surface area contributed by atoms with Gasteiger partial charge in [0.2, 0.25) is 5.91 Å². The summed E-state index contributed by atoms with van der Waals surface area (Å²) < 4.78 is 18.6. The summed E-state index contributed by atoms with van der Waals surface area (Å²) in [5.74, 6) is 2.53. The molecule has 10 heteroatoms. The van der Waals surface area contributed by atoms with Crippen LogP contribution < -0.4 is 19.5 Å². The quantitative estimate of drug-likeness (QED) is 0.380. The number of rotatable bonds is 10. The molecule has 3 aromatic rings. The third kappa shape index (κ3) is 6.33. The summed E-state index contributed by atoms with van der Waals surface area (Å²) in [6, 6.07) is 12.5. The van der Waals surface area contributed by atoms with Gasteiger partial charge in [0.25, 0.3) is 0 Å². The van der Waals surface area contributed by atoms with E-state index in [0.717, 1.165) is 0 Å². The van der Waals surface area contributed by atoms with E-state index in [1.165, 1.54) is 18.9 Å². The third-order valence-electron chi connectivity index (χ3n) is 4.69. The monoisotopic (exact) mass is 490 g/mol. The van der Waals surface area contributed by atoms with E-state index in [0.29, 0.717) is 38.9 Å². The number of nitrogens with one attached hydrogen (secondary N) is 1. The van der Waals surface area contributed by atoms with Crippen molar-refractivity contribution in [3.8, 4) is 17.2 Å². The Kier molecular flexibility index (Phi) is 8.46. The zero-order valence-corrected chi connectivity index (χ0v) is 20.7. The van der Waals surface area contributed by atoms with Crippen LogP contribution in [0.1, 0.15) is 38.7 Å². The molecule has 0 aliphatic heterocycles. The van der Waals surface area contributed by atoms with Crippen LogP contribution in [-0.4, -0.2) is 40.6 Å². The minimum atomic E-state index is -0.356. The van der Waals surface area contributed by atoms with Crippen molar-refractivity contribution >= 4 is 35.0 Å². The van der Waals surface area contributed by atoms with Gasteiger partial charge in [-0.1, -0.05) is 29.4 Å². The highest BCUT2D eigenvalue weighted by atomic mass is 35.5. The Balaban J connectivity index is 1.70. The van der Waals surface area contributed by atoms with Crippen molar-refractivity contribution in [1.29, 1.82) is 0 Å². The lowest BCUT2D eigenvalue weighted by molar-refractivity contribution is -0.113. The molecule has 0 aliphatic carbocycles. The van der Waals surface area contributed by atoms with Gasteiger partial charge in [0.05, 0.1) is 25.7 Å². The molecule has 1 atom stereocenters. The van der Waals surface area contributed by atoms with E-state index in [1.807, 2.05) is 49.6 Å². The number of methoxy groups -OCH3 is 2. The van der Waals surface area contributed by atoms with Gasteiger partial charge in [-0.15, -0.1) is 10.2 Å². The minimum Gasteiger partial charge on any atom is -0.497 e. The van der Waals surface area contributed by atoms with Gasteiger partial charge in [0.15, 0.2) is 17.1 Å². The first kappa shape index (κ1) is 24.7. The number of hydrogen-bond acceptors (Lipinski definition) is 7. The van der Waals surface area contributed by atoms with Gasteiger partial charge in [-0.25, -0.2) is 0 Å². The molecule has 0 saturated heterocycles. The molecule has 1 aromatic heterocycles. The molecule has 176 valence electrons. The van der Waals surface area contributed by atoms with Crippen molar-refractivity contribution in [3.63, 3.8) is 0 Å². The number of nitrogens with zero attached hydrogens (tertiary/aromatic N) is 3. The van der Waals surface area contributed by atoms with Gasteiger partial charge >= 0.3 is 0 Å². The molecule has 33 heavy (non-hydrogen) atoms. The number of halogens is 1. The van der Waals surface area contributed by atoms with Crippen LogP contribution in [0, 0.1) is 0 Å². The van der Waals surface area contributed by atoms with Crippen molar-refractivity contribution < 1.29 is 19.0 Å². The minimum absolute atomic E-state index is 0.0740. The average Bonchev–Trinajstić information content (AvgIpc) is 3.22. The Labute approximate surface area is 202 Å². The molecular formula is C23H27ClN4O4S. The van der Waals surface area contributed by atoms with Gasteiger partial charge in [-0.3, -0.25) is 4.79 Å². The Morgan fingerprint density at radius 2 is 1.85 bits per heavy atom. The van der Waals surface area contributed by atoms with Crippen molar-refractivity contribution in [3.05, 3.63) is 53.3 Å². The number of thioether (sulfide) groups is 1. The van der Waals surface area contributed by atoms with E-state index in [9.17, 15) is 4.79 Å². The van der Waals surface area contributed by atoms with Crippen LogP contribution in [0.3, 0.4) is 0 Å². The lowest BCUT2D eigenvalue weighted by Gasteiger charge is -2.19. The van der Waals surface area contributed by atoms with Crippen LogP contribution in [0.15, 0.2) is 47.6 Å². The summed E-state index contributed by atoms with van der Waals surface area (Å²) in [4.78, 5) is 12.6. The molecule has 0 bridgehead atoms. The zero-order valence-electron chi connectivity index (χ0n) is 19.2. The second-order valence-corrected chi connectivity index (χ2v) is 8.80. The molecule has 1 N–H and O–H groups in total. The van der Waals surface area contributed by atoms with E-state index in [4.69, 9.17) is 25.8 Å². The fourth-order valence-electron chi connectivity index (χ4n) is 3.17. The van der Waals surface area contributed by atoms with Gasteiger partial charge in [0.1, 0.15) is 17.2 Å². The number of ether oxygens (including phenoxy) is 3. The Morgan fingerprint density at radius 3 is 2.55 bits per heavy atom. The van der Waals surface area contributed by atoms with Crippen LogP contribution in [0.2, 0.25) is 5.02 Å². The highest BCUT2D eigenvalue weighted by Crippen LogP contribution is 2.30. The van der Waals surface area contributed by atoms with Crippen LogP contribution >= 0.6 is 23.4 Å². The maximum absolute atomic E-state index is 12.6. The van der Waals surface area contributed by atoms with Crippen molar-refractivity contribution in [2.75, 3.05) is 25.3 Å². The molecule has 2 aromatic carbocycles. The summed E-state index contributed by atoms with van der Waals surface area (Å²) in [6.07, 6.45) is -0.356. The number of amides is 1. The summed E-state index contributed by atoms with van der Waals surface area (Å²) in [6.45, 7) is 5.98. The normalized spacial score (nSPS) is 11.8. The topological polar surface area (TPSA) is 87.5 Å². The summed E-state index contributed by atoms with van der Waals surface area (Å²) in [5, 5.41) is 12.6. The lowest BCUT2D eigenvalue weighted by Crippen LogP contribution is -2.17. The van der Waals surface area contributed by atoms with E-state index in [2.05, 4.69) is 15.5 Å². The molecule has 1 unspecified atom stereocenters. The van der Waals surface area contributed by atoms with Gasteiger partial charge in [-0.05, 0) is 51.1 Å². The number of hydrogen-bond donors (Lipinski definition) is 1. The Hall–Kier alpha value is -2.91. The number of benzene rings is 2. The van der Waals surface area contributed by atoms with Crippen LogP contribution in [0.25, 0.3) is 0 Å². The van der Waals surface area contributed by atoms with Gasteiger partial charge in [0, 0.05) is 17.1 Å². The SMILES string of the molecule is COc1cccc(OC(C)c2nnc(SCC(=O)Nc3cc(Cl)ccc3OC)n2C(C)C)c1. The smallest absolute Gasteiger partial charge is 0.234 e. The third-order valence-corrected chi connectivity index (χ3v) is 5.87. The predicted molar refractivity (Wildman–Crippen MR) is 130 cm³/mol. The molecule has 0 fully saturated rings. The van der Waals surface area contributed by atoms with E-state index in [-0.39, 0.29) is 23.8 Å². The first-order valence-electron chi connectivity index (χ1n) is 10.3. The maximum Gasteiger partial charge on any atom is 0.234 e. The number of anilines is 1. The second kappa shape index (κ2) is 11.3. The fraction of sp³-hybridized carbons (Fsp3) is 0.348. The summed E-state index contributed by atoms with van der Waals surface area (Å²) in [7, 11) is 3.15. The molecule has 0 radical (unpaired) electrons. The standard InChI is InChI=1S/C23H27ClN4O4S/c1-14(2)28-22(15(3)32-18-8-6-7-17(12-18)30-4)26-27-23(28)33-13-21(29)25-19-11-16(24)9-10-20(19)31-5/h6-12,14-15H,13H2,1-5H3,(H,25,29). The number of carbonyl (C=O) groups is 1. The summed E-state index contributed by atoms with van der Waals surface area (Å²) in [5.41, 5.74) is 0.516. The first-order chi connectivity index (χ1) is 15.8. The fourth-order valence-corrected chi connectivity index (χ4v) is 4.22. The molecule has 1 heterocycles. The van der Waals surface area contributed by atoms with Crippen LogP contribution in [0.5, 0.6) is 17.2 Å². The molecule has 3 rings (SSSR count). The van der Waals surface area contributed by atoms with Gasteiger partial charge in [-0.2, -0.15) is 0 Å². The van der Waals surface area contributed by atoms with E-state index in [1.54, 1.807) is 25.3 Å². The predicted octanol–water partition coefficient (Wildman–Crippen LogP) is 5.40. The number of carbonyl (C=O) groups excluding carboxylic acids is 1. The highest BCUT2D eigenvalue weighted by molar-refractivity contribution is 7.99.